The molecule has 41 heavy (non-hydrogen) atoms. The van der Waals surface area contributed by atoms with Crippen molar-refractivity contribution in [1.29, 1.82) is 0 Å². The van der Waals surface area contributed by atoms with Crippen LogP contribution in [-0.2, 0) is 14.8 Å². The molecule has 212 valence electrons. The maximum absolute atomic E-state index is 13.7. The summed E-state index contributed by atoms with van der Waals surface area (Å²) < 4.78 is 33.6. The quantitative estimate of drug-likeness (QED) is 0.236. The Morgan fingerprint density at radius 1 is 0.927 bits per heavy atom. The summed E-state index contributed by atoms with van der Waals surface area (Å²) >= 11 is 6.31. The van der Waals surface area contributed by atoms with E-state index in [1.54, 1.807) is 36.4 Å². The van der Waals surface area contributed by atoms with Gasteiger partial charge >= 0.3 is 0 Å². The number of hydrogen-bond donors (Lipinski definition) is 2. The Labute approximate surface area is 245 Å². The third kappa shape index (κ3) is 7.06. The molecule has 10 heteroatoms. The fourth-order valence-electron chi connectivity index (χ4n) is 4.17. The Morgan fingerprint density at radius 3 is 2.24 bits per heavy atom. The molecule has 0 saturated heterocycles. The minimum absolute atomic E-state index is 0.0116. The van der Waals surface area contributed by atoms with Crippen LogP contribution >= 0.6 is 11.6 Å². The molecule has 2 N–H and O–H groups in total. The number of ether oxygens (including phenoxy) is 1. The average molecular weight is 592 g/mol. The zero-order valence-electron chi connectivity index (χ0n) is 22.8. The number of aryl methyl sites for hydroxylation is 1. The molecule has 0 saturated carbocycles. The number of para-hydroxylation sites is 1. The van der Waals surface area contributed by atoms with Gasteiger partial charge in [-0.1, -0.05) is 71.8 Å². The van der Waals surface area contributed by atoms with Crippen LogP contribution < -0.4 is 19.7 Å². The first-order valence-electron chi connectivity index (χ1n) is 12.8. The number of anilines is 2. The van der Waals surface area contributed by atoms with Crippen molar-refractivity contribution in [1.82, 2.24) is 5.32 Å². The van der Waals surface area contributed by atoms with Crippen molar-refractivity contribution in [2.45, 2.75) is 24.8 Å². The topological polar surface area (TPSA) is 105 Å². The number of sulfonamides is 1. The maximum atomic E-state index is 13.7. The molecule has 0 aliphatic heterocycles. The van der Waals surface area contributed by atoms with E-state index in [1.165, 1.54) is 37.4 Å². The lowest BCUT2D eigenvalue weighted by Gasteiger charge is -2.25. The number of benzene rings is 4. The zero-order valence-corrected chi connectivity index (χ0v) is 24.4. The molecule has 0 aliphatic carbocycles. The van der Waals surface area contributed by atoms with E-state index in [0.29, 0.717) is 5.75 Å². The molecule has 8 nitrogen and oxygen atoms in total. The predicted octanol–water partition coefficient (Wildman–Crippen LogP) is 5.98. The molecule has 4 aromatic carbocycles. The molecule has 2 amide bonds. The number of halogens is 1. The van der Waals surface area contributed by atoms with E-state index in [-0.39, 0.29) is 38.8 Å². The van der Waals surface area contributed by atoms with Crippen LogP contribution in [0.1, 0.15) is 34.5 Å². The van der Waals surface area contributed by atoms with E-state index >= 15 is 0 Å². The van der Waals surface area contributed by atoms with Crippen LogP contribution in [0.15, 0.2) is 102 Å². The minimum Gasteiger partial charge on any atom is -0.495 e. The standard InChI is InChI=1S/C31H30ClN3O5S/c1-21-13-16-25(17-14-21)41(38,39)35(24-15-18-29(40-3)27(32)19-24)20-30(36)34-28-12-8-7-11-26(28)31(37)33-22(2)23-9-5-4-6-10-23/h4-19,22H,20H2,1-3H3,(H,33,37)(H,34,36)/t22-/m0/s1. The highest BCUT2D eigenvalue weighted by molar-refractivity contribution is 7.92. The van der Waals surface area contributed by atoms with Crippen molar-refractivity contribution >= 4 is 44.8 Å². The van der Waals surface area contributed by atoms with Crippen molar-refractivity contribution in [3.05, 3.63) is 119 Å². The van der Waals surface area contributed by atoms with Gasteiger partial charge in [-0.25, -0.2) is 8.42 Å². The van der Waals surface area contributed by atoms with Crippen LogP contribution in [0.2, 0.25) is 5.02 Å². The van der Waals surface area contributed by atoms with Gasteiger partial charge in [-0.15, -0.1) is 0 Å². The molecule has 0 unspecified atom stereocenters. The van der Waals surface area contributed by atoms with Crippen LogP contribution in [0.25, 0.3) is 0 Å². The lowest BCUT2D eigenvalue weighted by atomic mass is 10.1. The molecular formula is C31H30ClN3O5S. The summed E-state index contributed by atoms with van der Waals surface area (Å²) in [5.41, 5.74) is 2.48. The SMILES string of the molecule is COc1ccc(N(CC(=O)Nc2ccccc2C(=O)N[C@@H](C)c2ccccc2)S(=O)(=O)c2ccc(C)cc2)cc1Cl. The van der Waals surface area contributed by atoms with Gasteiger partial charge in [0.25, 0.3) is 15.9 Å². The lowest BCUT2D eigenvalue weighted by molar-refractivity contribution is -0.114. The summed E-state index contributed by atoms with van der Waals surface area (Å²) in [6.07, 6.45) is 0. The fraction of sp³-hybridized carbons (Fsp3) is 0.161. The Kier molecular flexibility index (Phi) is 9.31. The number of rotatable bonds is 10. The van der Waals surface area contributed by atoms with E-state index in [9.17, 15) is 18.0 Å². The smallest absolute Gasteiger partial charge is 0.264 e. The highest BCUT2D eigenvalue weighted by atomic mass is 35.5. The molecule has 0 bridgehead atoms. The zero-order chi connectivity index (χ0) is 29.6. The lowest BCUT2D eigenvalue weighted by Crippen LogP contribution is -2.38. The fourth-order valence-corrected chi connectivity index (χ4v) is 5.84. The van der Waals surface area contributed by atoms with Crippen LogP contribution in [0.3, 0.4) is 0 Å². The van der Waals surface area contributed by atoms with Crippen molar-refractivity contribution in [3.63, 3.8) is 0 Å². The third-order valence-corrected chi connectivity index (χ3v) is 8.50. The molecular weight excluding hydrogens is 562 g/mol. The van der Waals surface area contributed by atoms with Crippen LogP contribution in [0, 0.1) is 6.92 Å². The first-order chi connectivity index (χ1) is 19.6. The van der Waals surface area contributed by atoms with Crippen LogP contribution in [0.4, 0.5) is 11.4 Å². The van der Waals surface area contributed by atoms with Gasteiger partial charge in [-0.2, -0.15) is 0 Å². The first kappa shape index (κ1) is 29.6. The summed E-state index contributed by atoms with van der Waals surface area (Å²) in [6, 6.07) is 26.5. The van der Waals surface area contributed by atoms with E-state index in [2.05, 4.69) is 10.6 Å². The normalized spacial score (nSPS) is 11.8. The van der Waals surface area contributed by atoms with Crippen molar-refractivity contribution in [3.8, 4) is 5.75 Å². The summed E-state index contributed by atoms with van der Waals surface area (Å²) in [7, 11) is -2.73. The molecule has 1 atom stereocenters. The Morgan fingerprint density at radius 2 is 1.59 bits per heavy atom. The van der Waals surface area contributed by atoms with Crippen LogP contribution in [-0.4, -0.2) is 33.9 Å². The molecule has 0 heterocycles. The monoisotopic (exact) mass is 591 g/mol. The minimum atomic E-state index is -4.17. The molecule has 0 spiro atoms. The number of methoxy groups -OCH3 is 1. The van der Waals surface area contributed by atoms with Crippen molar-refractivity contribution in [2.24, 2.45) is 0 Å². The van der Waals surface area contributed by atoms with Crippen molar-refractivity contribution in [2.75, 3.05) is 23.3 Å². The Balaban J connectivity index is 1.61. The molecule has 0 aliphatic rings. The van der Waals surface area contributed by atoms with Gasteiger partial charge in [0.1, 0.15) is 12.3 Å². The van der Waals surface area contributed by atoms with Crippen LogP contribution in [0.5, 0.6) is 5.75 Å². The average Bonchev–Trinajstić information content (AvgIpc) is 2.96. The molecule has 0 fully saturated rings. The number of hydrogen-bond acceptors (Lipinski definition) is 5. The van der Waals surface area contributed by atoms with Gasteiger partial charge in [-0.3, -0.25) is 13.9 Å². The van der Waals surface area contributed by atoms with Gasteiger partial charge < -0.3 is 15.4 Å². The largest absolute Gasteiger partial charge is 0.495 e. The van der Waals surface area contributed by atoms with Gasteiger partial charge in [-0.05, 0) is 61.9 Å². The molecule has 0 aromatic heterocycles. The van der Waals surface area contributed by atoms with E-state index in [0.717, 1.165) is 15.4 Å². The summed E-state index contributed by atoms with van der Waals surface area (Å²) in [6.45, 7) is 3.14. The van der Waals surface area contributed by atoms with E-state index < -0.39 is 22.5 Å². The number of amides is 2. The molecule has 0 radical (unpaired) electrons. The molecule has 4 rings (SSSR count). The number of nitrogens with zero attached hydrogens (tertiary/aromatic N) is 1. The highest BCUT2D eigenvalue weighted by Gasteiger charge is 2.28. The third-order valence-electron chi connectivity index (χ3n) is 6.41. The second-order valence-electron chi connectivity index (χ2n) is 9.34. The second kappa shape index (κ2) is 12.9. The Bertz CT molecular complexity index is 1640. The molecule has 4 aromatic rings. The Hall–Kier alpha value is -4.34. The van der Waals surface area contributed by atoms with E-state index in [1.807, 2.05) is 44.2 Å². The highest BCUT2D eigenvalue weighted by Crippen LogP contribution is 2.32. The summed E-state index contributed by atoms with van der Waals surface area (Å²) in [4.78, 5) is 26.5. The maximum Gasteiger partial charge on any atom is 0.264 e. The van der Waals surface area contributed by atoms with Gasteiger partial charge in [0.05, 0.1) is 40.0 Å². The van der Waals surface area contributed by atoms with Gasteiger partial charge in [0.15, 0.2) is 0 Å². The number of carbonyl (C=O) groups is 2. The number of carbonyl (C=O) groups excluding carboxylic acids is 2. The number of nitrogens with one attached hydrogen (secondary N) is 2. The van der Waals surface area contributed by atoms with Crippen molar-refractivity contribution < 1.29 is 22.7 Å². The summed E-state index contributed by atoms with van der Waals surface area (Å²) in [5, 5.41) is 5.83. The summed E-state index contributed by atoms with van der Waals surface area (Å²) in [5.74, 6) is -0.676. The van der Waals surface area contributed by atoms with E-state index in [4.69, 9.17) is 16.3 Å². The van der Waals surface area contributed by atoms with Gasteiger partial charge in [0, 0.05) is 0 Å². The predicted molar refractivity (Wildman–Crippen MR) is 161 cm³/mol. The second-order valence-corrected chi connectivity index (χ2v) is 11.6. The van der Waals surface area contributed by atoms with Gasteiger partial charge in [0.2, 0.25) is 5.91 Å². The first-order valence-corrected chi connectivity index (χ1v) is 14.6.